The van der Waals surface area contributed by atoms with Crippen LogP contribution in [0.15, 0.2) is 51.8 Å². The molecule has 146 valence electrons. The van der Waals surface area contributed by atoms with Gasteiger partial charge in [-0.05, 0) is 56.5 Å². The van der Waals surface area contributed by atoms with Crippen LogP contribution in [0.25, 0.3) is 0 Å². The summed E-state index contributed by atoms with van der Waals surface area (Å²) in [6, 6.07) is 12.8. The summed E-state index contributed by atoms with van der Waals surface area (Å²) in [4.78, 5) is 17.0. The summed E-state index contributed by atoms with van der Waals surface area (Å²) in [6.45, 7) is 6.39. The first-order valence-corrected chi connectivity index (χ1v) is 10.9. The Kier molecular flexibility index (Phi) is 4.50. The second-order valence-corrected chi connectivity index (χ2v) is 8.88. The van der Waals surface area contributed by atoms with Gasteiger partial charge in [-0.2, -0.15) is 8.42 Å². The van der Waals surface area contributed by atoms with E-state index in [0.717, 1.165) is 24.1 Å². The highest BCUT2D eigenvalue weighted by Crippen LogP contribution is 2.36. The van der Waals surface area contributed by atoms with Gasteiger partial charge in [0.2, 0.25) is 0 Å². The van der Waals surface area contributed by atoms with Crippen LogP contribution in [0.4, 0.5) is 11.4 Å². The van der Waals surface area contributed by atoms with E-state index >= 15 is 0 Å². The van der Waals surface area contributed by atoms with Gasteiger partial charge in [0.05, 0.1) is 5.69 Å². The van der Waals surface area contributed by atoms with Crippen molar-refractivity contribution < 1.29 is 13.2 Å². The van der Waals surface area contributed by atoms with Crippen LogP contribution < -0.4 is 9.80 Å². The molecule has 0 spiro atoms. The molecule has 0 fully saturated rings. The number of hydrogen-bond acceptors (Lipinski definition) is 4. The zero-order chi connectivity index (χ0) is 20.1. The van der Waals surface area contributed by atoms with E-state index in [-0.39, 0.29) is 16.8 Å². The molecule has 0 radical (unpaired) electrons. The molecule has 0 saturated heterocycles. The average molecular weight is 398 g/mol. The van der Waals surface area contributed by atoms with Gasteiger partial charge in [-0.1, -0.05) is 25.1 Å². The number of amides is 1. The Morgan fingerprint density at radius 1 is 1.18 bits per heavy atom. The Morgan fingerprint density at radius 2 is 1.93 bits per heavy atom. The number of amidine groups is 1. The predicted octanol–water partition coefficient (Wildman–Crippen LogP) is 3.62. The van der Waals surface area contributed by atoms with Gasteiger partial charge in [0, 0.05) is 23.8 Å². The minimum atomic E-state index is -3.82. The maximum absolute atomic E-state index is 13.3. The van der Waals surface area contributed by atoms with E-state index in [1.165, 1.54) is 6.07 Å². The van der Waals surface area contributed by atoms with Crippen LogP contribution >= 0.6 is 0 Å². The smallest absolute Gasteiger partial charge is 0.286 e. The van der Waals surface area contributed by atoms with Gasteiger partial charge in [-0.15, -0.1) is 4.40 Å². The summed E-state index contributed by atoms with van der Waals surface area (Å²) in [5, 5.41) is 0. The molecule has 2 aliphatic heterocycles. The summed E-state index contributed by atoms with van der Waals surface area (Å²) < 4.78 is 29.2. The molecule has 1 unspecified atom stereocenters. The number of carbonyl (C=O) groups excluding carboxylic acids is 1. The van der Waals surface area contributed by atoms with Crippen molar-refractivity contribution in [3.05, 3.63) is 53.6 Å². The molecule has 0 aliphatic carbocycles. The van der Waals surface area contributed by atoms with Crippen LogP contribution in [-0.4, -0.2) is 32.7 Å². The first-order chi connectivity index (χ1) is 13.3. The summed E-state index contributed by atoms with van der Waals surface area (Å²) >= 11 is 0. The third-order valence-electron chi connectivity index (χ3n) is 5.29. The van der Waals surface area contributed by atoms with Gasteiger partial charge >= 0.3 is 0 Å². The fourth-order valence-corrected chi connectivity index (χ4v) is 5.31. The van der Waals surface area contributed by atoms with Gasteiger partial charge in [-0.3, -0.25) is 4.79 Å². The Hall–Kier alpha value is -2.67. The lowest BCUT2D eigenvalue weighted by molar-refractivity contribution is 0.0981. The molecule has 7 heteroatoms. The molecular weight excluding hydrogens is 374 g/mol. The molecule has 2 aliphatic rings. The molecular formula is C21H23N3O3S. The molecule has 1 atom stereocenters. The molecule has 2 aromatic carbocycles. The Balaban J connectivity index is 1.77. The second-order valence-electron chi connectivity index (χ2n) is 7.30. The minimum Gasteiger partial charge on any atom is -0.328 e. The number of hydrogen-bond donors (Lipinski definition) is 0. The van der Waals surface area contributed by atoms with Gasteiger partial charge in [0.15, 0.2) is 0 Å². The van der Waals surface area contributed by atoms with Crippen molar-refractivity contribution in [2.24, 2.45) is 4.40 Å². The van der Waals surface area contributed by atoms with Crippen molar-refractivity contribution in [2.45, 2.75) is 44.6 Å². The Labute approximate surface area is 165 Å². The normalized spacial score (nSPS) is 19.8. The lowest BCUT2D eigenvalue weighted by Gasteiger charge is -2.29. The number of nitrogens with zero attached hydrogens (tertiary/aromatic N) is 3. The molecule has 28 heavy (non-hydrogen) atoms. The summed E-state index contributed by atoms with van der Waals surface area (Å²) in [7, 11) is -3.82. The van der Waals surface area contributed by atoms with Crippen molar-refractivity contribution in [3.8, 4) is 0 Å². The standard InChI is InChI=1S/C21H23N3O3S/c1-4-11-23-15(3)22-28(26,27)20-13-17(9-10-19(20)23)21(25)24-14(2)12-16-7-5-6-8-18(16)24/h5-10,13-14H,4,11-12H2,1-3H3. The van der Waals surface area contributed by atoms with Crippen LogP contribution in [0.3, 0.4) is 0 Å². The number of rotatable bonds is 3. The van der Waals surface area contributed by atoms with Gasteiger partial charge < -0.3 is 9.80 Å². The quantitative estimate of drug-likeness (QED) is 0.793. The third-order valence-corrected chi connectivity index (χ3v) is 6.68. The number of para-hydroxylation sites is 1. The predicted molar refractivity (Wildman–Crippen MR) is 111 cm³/mol. The average Bonchev–Trinajstić information content (AvgIpc) is 2.99. The van der Waals surface area contributed by atoms with Crippen molar-refractivity contribution >= 4 is 33.1 Å². The van der Waals surface area contributed by atoms with E-state index in [1.807, 2.05) is 43.0 Å². The Bertz CT molecular complexity index is 1090. The molecule has 0 bridgehead atoms. The van der Waals surface area contributed by atoms with Crippen LogP contribution in [0, 0.1) is 0 Å². The monoisotopic (exact) mass is 397 g/mol. The topological polar surface area (TPSA) is 70.0 Å². The van der Waals surface area contributed by atoms with Crippen LogP contribution in [0.1, 0.15) is 43.1 Å². The number of carbonyl (C=O) groups is 1. The molecule has 0 saturated carbocycles. The summed E-state index contributed by atoms with van der Waals surface area (Å²) in [5.74, 6) is 0.263. The molecule has 2 aromatic rings. The second kappa shape index (κ2) is 6.74. The summed E-state index contributed by atoms with van der Waals surface area (Å²) in [5.41, 5.74) is 2.96. The highest BCUT2D eigenvalue weighted by molar-refractivity contribution is 7.90. The molecule has 4 rings (SSSR count). The number of sulfonamides is 1. The van der Waals surface area contributed by atoms with Crippen molar-refractivity contribution in [2.75, 3.05) is 16.3 Å². The molecule has 1 amide bonds. The maximum Gasteiger partial charge on any atom is 0.286 e. The highest BCUT2D eigenvalue weighted by atomic mass is 32.2. The number of fused-ring (bicyclic) bond motifs is 2. The molecule has 0 N–H and O–H groups in total. The van der Waals surface area contributed by atoms with E-state index < -0.39 is 10.0 Å². The van der Waals surface area contributed by atoms with Crippen LogP contribution in [-0.2, 0) is 16.4 Å². The van der Waals surface area contributed by atoms with Crippen molar-refractivity contribution in [3.63, 3.8) is 0 Å². The first-order valence-electron chi connectivity index (χ1n) is 9.48. The van der Waals surface area contributed by atoms with E-state index in [4.69, 9.17) is 0 Å². The third kappa shape index (κ3) is 2.90. The van der Waals surface area contributed by atoms with Gasteiger partial charge in [-0.25, -0.2) is 0 Å². The van der Waals surface area contributed by atoms with Crippen LogP contribution in [0.5, 0.6) is 0 Å². The fraction of sp³-hybridized carbons (Fsp3) is 0.333. The lowest BCUT2D eigenvalue weighted by atomic mass is 10.1. The molecule has 0 aromatic heterocycles. The first kappa shape index (κ1) is 18.7. The van der Waals surface area contributed by atoms with Crippen molar-refractivity contribution in [1.29, 1.82) is 0 Å². The van der Waals surface area contributed by atoms with E-state index in [0.29, 0.717) is 23.6 Å². The zero-order valence-electron chi connectivity index (χ0n) is 16.2. The zero-order valence-corrected chi connectivity index (χ0v) is 17.0. The van der Waals surface area contributed by atoms with Gasteiger partial charge in [0.25, 0.3) is 15.9 Å². The maximum atomic E-state index is 13.3. The van der Waals surface area contributed by atoms with Crippen LogP contribution in [0.2, 0.25) is 0 Å². The SMILES string of the molecule is CCCN1C(C)=NS(=O)(=O)c2cc(C(=O)N3c4ccccc4CC3C)ccc21. The number of anilines is 2. The molecule has 2 heterocycles. The van der Waals surface area contributed by atoms with E-state index in [2.05, 4.69) is 4.40 Å². The number of benzene rings is 2. The largest absolute Gasteiger partial charge is 0.328 e. The lowest BCUT2D eigenvalue weighted by Crippen LogP contribution is -2.37. The van der Waals surface area contributed by atoms with E-state index in [1.54, 1.807) is 24.0 Å². The summed E-state index contributed by atoms with van der Waals surface area (Å²) in [6.07, 6.45) is 1.65. The minimum absolute atomic E-state index is 0.0226. The molecule has 6 nitrogen and oxygen atoms in total. The highest BCUT2D eigenvalue weighted by Gasteiger charge is 2.34. The van der Waals surface area contributed by atoms with Crippen molar-refractivity contribution in [1.82, 2.24) is 0 Å². The Morgan fingerprint density at radius 3 is 2.68 bits per heavy atom. The fourth-order valence-electron chi connectivity index (χ4n) is 4.04. The van der Waals surface area contributed by atoms with Gasteiger partial charge in [0.1, 0.15) is 10.7 Å². The van der Waals surface area contributed by atoms with E-state index in [9.17, 15) is 13.2 Å².